The summed E-state index contributed by atoms with van der Waals surface area (Å²) in [4.78, 5) is 0. The van der Waals surface area contributed by atoms with Crippen molar-refractivity contribution in [3.8, 4) is 0 Å². The Hall–Kier alpha value is -0.240. The van der Waals surface area contributed by atoms with Gasteiger partial charge in [-0.2, -0.15) is 0 Å². The van der Waals surface area contributed by atoms with E-state index < -0.39 is 0 Å². The fourth-order valence-electron chi connectivity index (χ4n) is 2.18. The van der Waals surface area contributed by atoms with Gasteiger partial charge in [-0.3, -0.25) is 0 Å². The predicted molar refractivity (Wildman–Crippen MR) is 72.3 cm³/mol. The molecule has 0 aliphatic rings. The number of benzene rings is 1. The van der Waals surface area contributed by atoms with E-state index in [1.807, 2.05) is 25.2 Å². The zero-order valence-corrected chi connectivity index (χ0v) is 11.6. The van der Waals surface area contributed by atoms with E-state index in [1.54, 1.807) is 0 Å². The van der Waals surface area contributed by atoms with Gasteiger partial charge in [0.25, 0.3) is 0 Å². The molecule has 0 aliphatic heterocycles. The highest BCUT2D eigenvalue weighted by Gasteiger charge is 2.22. The summed E-state index contributed by atoms with van der Waals surface area (Å²) < 4.78 is 0. The monoisotopic (exact) mass is 259 g/mol. The minimum atomic E-state index is 0.233. The molecule has 1 N–H and O–H groups in total. The molecule has 0 saturated heterocycles. The Morgan fingerprint density at radius 3 is 2.00 bits per heavy atom. The molecule has 0 saturated carbocycles. The van der Waals surface area contributed by atoms with Crippen molar-refractivity contribution in [3.63, 3.8) is 0 Å². The second-order valence-corrected chi connectivity index (χ2v) is 4.79. The third-order valence-corrected chi connectivity index (χ3v) is 3.80. The maximum absolute atomic E-state index is 6.24. The van der Waals surface area contributed by atoms with Crippen molar-refractivity contribution in [2.75, 3.05) is 7.05 Å². The van der Waals surface area contributed by atoms with Crippen molar-refractivity contribution in [1.29, 1.82) is 0 Å². The summed E-state index contributed by atoms with van der Waals surface area (Å²) in [5.41, 5.74) is 1.03. The molecule has 0 bridgehead atoms. The van der Waals surface area contributed by atoms with Gasteiger partial charge in [-0.1, -0.05) is 56.0 Å². The third kappa shape index (κ3) is 2.91. The summed E-state index contributed by atoms with van der Waals surface area (Å²) in [6, 6.07) is 5.91. The van der Waals surface area contributed by atoms with Gasteiger partial charge in [-0.05, 0) is 25.1 Å². The second kappa shape index (κ2) is 6.48. The molecule has 1 rings (SSSR count). The van der Waals surface area contributed by atoms with Gasteiger partial charge in [0, 0.05) is 21.7 Å². The lowest BCUT2D eigenvalue weighted by Crippen LogP contribution is -2.25. The maximum atomic E-state index is 6.24. The number of hydrogen-bond acceptors (Lipinski definition) is 1. The zero-order valence-electron chi connectivity index (χ0n) is 10.1. The Kier molecular flexibility index (Phi) is 5.60. The summed E-state index contributed by atoms with van der Waals surface area (Å²) in [6.45, 7) is 4.40. The van der Waals surface area contributed by atoms with Crippen LogP contribution in [-0.2, 0) is 0 Å². The smallest absolute Gasteiger partial charge is 0.0468 e. The average Bonchev–Trinajstić information content (AvgIpc) is 2.28. The van der Waals surface area contributed by atoms with Gasteiger partial charge in [0.05, 0.1) is 0 Å². The first-order chi connectivity index (χ1) is 7.65. The topological polar surface area (TPSA) is 12.0 Å². The zero-order chi connectivity index (χ0) is 12.1. The van der Waals surface area contributed by atoms with Crippen molar-refractivity contribution in [1.82, 2.24) is 5.32 Å². The minimum Gasteiger partial charge on any atom is -0.313 e. The number of halogens is 2. The predicted octanol–water partition coefficient (Wildman–Crippen LogP) is 4.69. The highest BCUT2D eigenvalue weighted by molar-refractivity contribution is 6.36. The van der Waals surface area contributed by atoms with Crippen LogP contribution >= 0.6 is 23.2 Å². The standard InChI is InChI=1S/C13H19Cl2N/c1-4-9(5-2)13(16-3)12-10(14)7-6-8-11(12)15/h6-9,13,16H,4-5H2,1-3H3. The van der Waals surface area contributed by atoms with Crippen LogP contribution in [0.5, 0.6) is 0 Å². The van der Waals surface area contributed by atoms with Gasteiger partial charge in [-0.15, -0.1) is 0 Å². The van der Waals surface area contributed by atoms with Crippen LogP contribution in [0.3, 0.4) is 0 Å². The van der Waals surface area contributed by atoms with Gasteiger partial charge in [0.1, 0.15) is 0 Å². The fourth-order valence-corrected chi connectivity index (χ4v) is 2.82. The first-order valence-electron chi connectivity index (χ1n) is 5.76. The molecule has 0 radical (unpaired) electrons. The molecule has 90 valence electrons. The fraction of sp³-hybridized carbons (Fsp3) is 0.538. The summed E-state index contributed by atoms with van der Waals surface area (Å²) in [5.74, 6) is 0.558. The van der Waals surface area contributed by atoms with Gasteiger partial charge in [0.2, 0.25) is 0 Å². The lowest BCUT2D eigenvalue weighted by atomic mass is 9.89. The van der Waals surface area contributed by atoms with E-state index in [1.165, 1.54) is 0 Å². The highest BCUT2D eigenvalue weighted by atomic mass is 35.5. The normalized spacial score (nSPS) is 13.1. The minimum absolute atomic E-state index is 0.233. The number of nitrogens with one attached hydrogen (secondary N) is 1. The van der Waals surface area contributed by atoms with Crippen molar-refractivity contribution >= 4 is 23.2 Å². The summed E-state index contributed by atoms with van der Waals surface area (Å²) in [5, 5.41) is 4.83. The summed E-state index contributed by atoms with van der Waals surface area (Å²) in [6.07, 6.45) is 2.23. The third-order valence-electron chi connectivity index (χ3n) is 3.14. The lowest BCUT2D eigenvalue weighted by molar-refractivity contribution is 0.360. The van der Waals surface area contributed by atoms with Crippen LogP contribution in [0.2, 0.25) is 10.0 Å². The molecule has 0 spiro atoms. The number of hydrogen-bond donors (Lipinski definition) is 1. The Balaban J connectivity index is 3.12. The molecule has 16 heavy (non-hydrogen) atoms. The van der Waals surface area contributed by atoms with Crippen molar-refractivity contribution in [2.24, 2.45) is 5.92 Å². The molecule has 3 heteroatoms. The summed E-state index contributed by atoms with van der Waals surface area (Å²) in [7, 11) is 1.96. The van der Waals surface area contributed by atoms with Gasteiger partial charge < -0.3 is 5.32 Å². The lowest BCUT2D eigenvalue weighted by Gasteiger charge is -2.27. The van der Waals surface area contributed by atoms with E-state index in [0.717, 1.165) is 28.5 Å². The average molecular weight is 260 g/mol. The van der Waals surface area contributed by atoms with E-state index in [2.05, 4.69) is 19.2 Å². The maximum Gasteiger partial charge on any atom is 0.0468 e. The van der Waals surface area contributed by atoms with E-state index in [4.69, 9.17) is 23.2 Å². The largest absolute Gasteiger partial charge is 0.313 e. The van der Waals surface area contributed by atoms with Crippen LogP contribution in [0.15, 0.2) is 18.2 Å². The van der Waals surface area contributed by atoms with E-state index >= 15 is 0 Å². The van der Waals surface area contributed by atoms with E-state index in [9.17, 15) is 0 Å². The Morgan fingerprint density at radius 2 is 1.62 bits per heavy atom. The van der Waals surface area contributed by atoms with Crippen LogP contribution in [-0.4, -0.2) is 7.05 Å². The van der Waals surface area contributed by atoms with E-state index in [0.29, 0.717) is 5.92 Å². The molecule has 1 aromatic rings. The van der Waals surface area contributed by atoms with Gasteiger partial charge in [0.15, 0.2) is 0 Å². The molecule has 0 amide bonds. The van der Waals surface area contributed by atoms with Gasteiger partial charge in [-0.25, -0.2) is 0 Å². The highest BCUT2D eigenvalue weighted by Crippen LogP contribution is 2.36. The first kappa shape index (κ1) is 13.8. The Bertz CT molecular complexity index is 314. The van der Waals surface area contributed by atoms with Crippen LogP contribution < -0.4 is 5.32 Å². The van der Waals surface area contributed by atoms with Crippen LogP contribution in [0, 0.1) is 5.92 Å². The van der Waals surface area contributed by atoms with Gasteiger partial charge >= 0.3 is 0 Å². The quantitative estimate of drug-likeness (QED) is 0.809. The second-order valence-electron chi connectivity index (χ2n) is 3.98. The van der Waals surface area contributed by atoms with E-state index in [-0.39, 0.29) is 6.04 Å². The Labute approximate surface area is 108 Å². The van der Waals surface area contributed by atoms with Crippen LogP contribution in [0.1, 0.15) is 38.3 Å². The molecule has 1 aromatic carbocycles. The molecule has 1 nitrogen and oxygen atoms in total. The molecule has 1 atom stereocenters. The van der Waals surface area contributed by atoms with Crippen molar-refractivity contribution < 1.29 is 0 Å². The van der Waals surface area contributed by atoms with Crippen LogP contribution in [0.4, 0.5) is 0 Å². The molecule has 0 aromatic heterocycles. The molecule has 0 heterocycles. The Morgan fingerprint density at radius 1 is 1.12 bits per heavy atom. The van der Waals surface area contributed by atoms with Crippen molar-refractivity contribution in [2.45, 2.75) is 32.7 Å². The SMILES string of the molecule is CCC(CC)C(NC)c1c(Cl)cccc1Cl. The number of rotatable bonds is 5. The first-order valence-corrected chi connectivity index (χ1v) is 6.52. The summed E-state index contributed by atoms with van der Waals surface area (Å²) >= 11 is 12.5. The molecular formula is C13H19Cl2N. The van der Waals surface area contributed by atoms with Crippen LogP contribution in [0.25, 0.3) is 0 Å². The molecule has 0 aliphatic carbocycles. The van der Waals surface area contributed by atoms with Crippen molar-refractivity contribution in [3.05, 3.63) is 33.8 Å². The molecule has 1 unspecified atom stereocenters. The molecular weight excluding hydrogens is 241 g/mol. The molecule has 0 fully saturated rings.